The van der Waals surface area contributed by atoms with Crippen molar-refractivity contribution in [2.45, 2.75) is 37.1 Å². The zero-order chi connectivity index (χ0) is 21.5. The number of aliphatic hydroxyl groups excluding tert-OH is 1. The number of likely N-dealkylation sites (tertiary alicyclic amines) is 1. The summed E-state index contributed by atoms with van der Waals surface area (Å²) in [6.45, 7) is 3.99. The van der Waals surface area contributed by atoms with Crippen LogP contribution in [-0.4, -0.2) is 75.2 Å². The number of carboxylic acid groups (broad SMARTS) is 1. The number of amides is 2. The van der Waals surface area contributed by atoms with E-state index >= 15 is 0 Å². The smallest absolute Gasteiger partial charge is 0.310 e. The first-order valence-electron chi connectivity index (χ1n) is 10.2. The molecule has 2 bridgehead atoms. The van der Waals surface area contributed by atoms with Gasteiger partial charge in [0.1, 0.15) is 11.6 Å². The van der Waals surface area contributed by atoms with Gasteiger partial charge in [0.2, 0.25) is 11.8 Å². The summed E-state index contributed by atoms with van der Waals surface area (Å²) < 4.78 is 6.12. The molecule has 4 rings (SSSR count). The van der Waals surface area contributed by atoms with Gasteiger partial charge in [0.05, 0.1) is 24.5 Å². The zero-order valence-corrected chi connectivity index (χ0v) is 16.6. The van der Waals surface area contributed by atoms with Gasteiger partial charge in [0, 0.05) is 19.6 Å². The largest absolute Gasteiger partial charge is 0.481 e. The van der Waals surface area contributed by atoms with Crippen LogP contribution in [0, 0.1) is 11.8 Å². The van der Waals surface area contributed by atoms with Gasteiger partial charge in [-0.2, -0.15) is 0 Å². The van der Waals surface area contributed by atoms with Gasteiger partial charge in [-0.1, -0.05) is 36.4 Å². The lowest BCUT2D eigenvalue weighted by atomic mass is 9.70. The molecule has 0 aromatic heterocycles. The molecule has 0 aliphatic carbocycles. The van der Waals surface area contributed by atoms with Crippen LogP contribution < -0.4 is 0 Å². The molecular weight excluding hydrogens is 388 g/mol. The highest BCUT2D eigenvalue weighted by molar-refractivity contribution is 5.98. The van der Waals surface area contributed by atoms with E-state index in [2.05, 4.69) is 6.58 Å². The fourth-order valence-corrected chi connectivity index (χ4v) is 5.43. The van der Waals surface area contributed by atoms with E-state index in [1.807, 2.05) is 30.3 Å². The van der Waals surface area contributed by atoms with Crippen LogP contribution in [0.25, 0.3) is 0 Å². The third-order valence-corrected chi connectivity index (χ3v) is 6.54. The SMILES string of the molecule is C=CCN(Cc1ccccc1)C(=O)C1N(CCO)C(=O)[C@@H]2[C@@H](C(=O)O)[C@H]3CCC12O3. The summed E-state index contributed by atoms with van der Waals surface area (Å²) in [4.78, 5) is 41.8. The molecule has 3 heterocycles. The minimum atomic E-state index is -1.16. The summed E-state index contributed by atoms with van der Waals surface area (Å²) in [6, 6.07) is 8.53. The average molecular weight is 414 g/mol. The first-order chi connectivity index (χ1) is 14.4. The molecule has 0 saturated carbocycles. The number of carbonyl (C=O) groups excluding carboxylic acids is 2. The molecule has 1 aromatic rings. The van der Waals surface area contributed by atoms with E-state index in [1.165, 1.54) is 4.90 Å². The van der Waals surface area contributed by atoms with Gasteiger partial charge in [-0.3, -0.25) is 14.4 Å². The minimum Gasteiger partial charge on any atom is -0.481 e. The van der Waals surface area contributed by atoms with Crippen LogP contribution in [0.5, 0.6) is 0 Å². The number of carboxylic acids is 1. The van der Waals surface area contributed by atoms with Crippen molar-refractivity contribution >= 4 is 17.8 Å². The number of carbonyl (C=O) groups is 3. The Hall–Kier alpha value is -2.71. The van der Waals surface area contributed by atoms with Crippen molar-refractivity contribution in [2.75, 3.05) is 19.7 Å². The Labute approximate surface area is 174 Å². The Morgan fingerprint density at radius 2 is 2.07 bits per heavy atom. The predicted octanol–water partition coefficient (Wildman–Crippen LogP) is 0.653. The lowest BCUT2D eigenvalue weighted by Crippen LogP contribution is -2.56. The van der Waals surface area contributed by atoms with Gasteiger partial charge in [-0.15, -0.1) is 6.58 Å². The van der Waals surface area contributed by atoms with Crippen LogP contribution in [0.1, 0.15) is 18.4 Å². The monoisotopic (exact) mass is 414 g/mol. The number of fused-ring (bicyclic) bond motifs is 1. The van der Waals surface area contributed by atoms with Gasteiger partial charge >= 0.3 is 5.97 Å². The van der Waals surface area contributed by atoms with Crippen molar-refractivity contribution in [3.8, 4) is 0 Å². The summed E-state index contributed by atoms with van der Waals surface area (Å²) in [5.74, 6) is -3.68. The number of hydrogen-bond acceptors (Lipinski definition) is 5. The maximum absolute atomic E-state index is 13.7. The molecule has 160 valence electrons. The summed E-state index contributed by atoms with van der Waals surface area (Å²) in [6.07, 6.45) is 2.00. The van der Waals surface area contributed by atoms with Gasteiger partial charge in [0.15, 0.2) is 0 Å². The minimum absolute atomic E-state index is 0.0406. The van der Waals surface area contributed by atoms with Crippen LogP contribution >= 0.6 is 0 Å². The topological polar surface area (TPSA) is 107 Å². The van der Waals surface area contributed by atoms with E-state index in [0.29, 0.717) is 19.4 Å². The van der Waals surface area contributed by atoms with E-state index < -0.39 is 41.5 Å². The van der Waals surface area contributed by atoms with Crippen LogP contribution in [-0.2, 0) is 25.7 Å². The van der Waals surface area contributed by atoms with Crippen LogP contribution in [0.3, 0.4) is 0 Å². The second-order valence-electron chi connectivity index (χ2n) is 8.14. The molecule has 0 radical (unpaired) electrons. The molecule has 30 heavy (non-hydrogen) atoms. The van der Waals surface area contributed by atoms with Crippen molar-refractivity contribution in [3.05, 3.63) is 48.6 Å². The second kappa shape index (κ2) is 7.85. The first kappa shape index (κ1) is 20.6. The molecular formula is C22H26N2O6. The molecule has 1 spiro atoms. The Balaban J connectivity index is 1.70. The molecule has 3 fully saturated rings. The maximum Gasteiger partial charge on any atom is 0.310 e. The van der Waals surface area contributed by atoms with Crippen molar-refractivity contribution in [1.82, 2.24) is 9.80 Å². The highest BCUT2D eigenvalue weighted by atomic mass is 16.5. The molecule has 3 aliphatic heterocycles. The number of nitrogens with zero attached hydrogens (tertiary/aromatic N) is 2. The molecule has 2 amide bonds. The lowest BCUT2D eigenvalue weighted by Gasteiger charge is -2.36. The number of ether oxygens (including phenoxy) is 1. The van der Waals surface area contributed by atoms with E-state index in [9.17, 15) is 24.6 Å². The first-order valence-corrected chi connectivity index (χ1v) is 10.2. The molecule has 2 unspecified atom stereocenters. The normalized spacial score (nSPS) is 31.6. The molecule has 3 aliphatic rings. The van der Waals surface area contributed by atoms with E-state index in [0.717, 1.165) is 5.56 Å². The summed E-state index contributed by atoms with van der Waals surface area (Å²) in [7, 11) is 0. The number of hydrogen-bond donors (Lipinski definition) is 2. The Morgan fingerprint density at radius 1 is 1.33 bits per heavy atom. The predicted molar refractivity (Wildman–Crippen MR) is 106 cm³/mol. The molecule has 8 heteroatoms. The van der Waals surface area contributed by atoms with Gasteiger partial charge < -0.3 is 24.7 Å². The number of aliphatic carboxylic acids is 1. The van der Waals surface area contributed by atoms with Gasteiger partial charge in [-0.25, -0.2) is 0 Å². The van der Waals surface area contributed by atoms with Crippen molar-refractivity contribution in [3.63, 3.8) is 0 Å². The molecule has 2 N–H and O–H groups in total. The van der Waals surface area contributed by atoms with Crippen molar-refractivity contribution < 1.29 is 29.3 Å². The standard InChI is InChI=1S/C22H26N2O6/c1-2-10-23(13-14-6-4-3-5-7-14)20(27)18-22-9-8-15(30-22)16(21(28)29)17(22)19(26)24(18)11-12-25/h2-7,15-18,25H,1,8-13H2,(H,28,29)/t15-,16+,17+,18?,22?/m1/s1. The molecule has 5 atom stereocenters. The number of benzene rings is 1. The van der Waals surface area contributed by atoms with E-state index in [1.54, 1.807) is 11.0 Å². The highest BCUT2D eigenvalue weighted by Crippen LogP contribution is 2.58. The number of β-amino-alcohol motifs (C(OH)–C–C–N with tert-alkyl or cyclic N) is 1. The number of rotatable bonds is 8. The number of aliphatic hydroxyl groups is 1. The van der Waals surface area contributed by atoms with E-state index in [4.69, 9.17) is 4.74 Å². The third-order valence-electron chi connectivity index (χ3n) is 6.54. The Bertz CT molecular complexity index is 858. The molecule has 8 nitrogen and oxygen atoms in total. The maximum atomic E-state index is 13.7. The third kappa shape index (κ3) is 3.02. The highest BCUT2D eigenvalue weighted by Gasteiger charge is 2.74. The Kier molecular flexibility index (Phi) is 5.38. The Morgan fingerprint density at radius 3 is 2.70 bits per heavy atom. The summed E-state index contributed by atoms with van der Waals surface area (Å²) >= 11 is 0. The molecule has 1 aromatic carbocycles. The van der Waals surface area contributed by atoms with Crippen molar-refractivity contribution in [2.24, 2.45) is 11.8 Å². The van der Waals surface area contributed by atoms with Gasteiger partial charge in [-0.05, 0) is 18.4 Å². The fourth-order valence-electron chi connectivity index (χ4n) is 5.43. The van der Waals surface area contributed by atoms with E-state index in [-0.39, 0.29) is 25.6 Å². The lowest BCUT2D eigenvalue weighted by molar-refractivity contribution is -0.151. The van der Waals surface area contributed by atoms with Crippen molar-refractivity contribution in [1.29, 1.82) is 0 Å². The average Bonchev–Trinajstić information content (AvgIpc) is 3.36. The summed E-state index contributed by atoms with van der Waals surface area (Å²) in [5.41, 5.74) is -0.229. The zero-order valence-electron chi connectivity index (χ0n) is 16.6. The quantitative estimate of drug-likeness (QED) is 0.605. The fraction of sp³-hybridized carbons (Fsp3) is 0.500. The summed E-state index contributed by atoms with van der Waals surface area (Å²) in [5, 5.41) is 19.3. The van der Waals surface area contributed by atoms with Crippen LogP contribution in [0.15, 0.2) is 43.0 Å². The second-order valence-corrected chi connectivity index (χ2v) is 8.14. The van der Waals surface area contributed by atoms with Crippen LogP contribution in [0.4, 0.5) is 0 Å². The molecule has 3 saturated heterocycles. The van der Waals surface area contributed by atoms with Gasteiger partial charge in [0.25, 0.3) is 0 Å². The van der Waals surface area contributed by atoms with Crippen LogP contribution in [0.2, 0.25) is 0 Å².